The smallest absolute Gasteiger partial charge is 0.262 e. The van der Waals surface area contributed by atoms with Gasteiger partial charge in [0.2, 0.25) is 0 Å². The van der Waals surface area contributed by atoms with Gasteiger partial charge in [-0.15, -0.1) is 0 Å². The van der Waals surface area contributed by atoms with Gasteiger partial charge in [0.1, 0.15) is 5.75 Å². The zero-order chi connectivity index (χ0) is 21.2. The molecule has 1 aliphatic heterocycles. The molecule has 3 rings (SSSR count). The van der Waals surface area contributed by atoms with Gasteiger partial charge in [-0.05, 0) is 67.9 Å². The first kappa shape index (κ1) is 22.6. The number of ether oxygens (including phenoxy) is 1. The lowest BCUT2D eigenvalue weighted by molar-refractivity contribution is 0.220. The number of rotatable bonds is 10. The van der Waals surface area contributed by atoms with Crippen LogP contribution in [0.1, 0.15) is 31.2 Å². The summed E-state index contributed by atoms with van der Waals surface area (Å²) in [6.07, 6.45) is 5.81. The second kappa shape index (κ2) is 11.3. The van der Waals surface area contributed by atoms with Crippen molar-refractivity contribution in [3.63, 3.8) is 0 Å². The molecule has 0 saturated carbocycles. The van der Waals surface area contributed by atoms with Crippen LogP contribution in [-0.4, -0.2) is 45.9 Å². The Bertz CT molecular complexity index is 927. The molecule has 30 heavy (non-hydrogen) atoms. The zero-order valence-electron chi connectivity index (χ0n) is 17.0. The maximum atomic E-state index is 12.1. The number of hydrogen-bond acceptors (Lipinski definition) is 5. The van der Waals surface area contributed by atoms with Crippen LogP contribution in [0, 0.1) is 0 Å². The molecule has 0 aromatic heterocycles. The number of benzene rings is 2. The molecule has 1 N–H and O–H groups in total. The predicted molar refractivity (Wildman–Crippen MR) is 121 cm³/mol. The molecular weight excluding hydrogens is 422 g/mol. The molecule has 2 aromatic rings. The van der Waals surface area contributed by atoms with Crippen LogP contribution in [0.2, 0.25) is 5.02 Å². The van der Waals surface area contributed by atoms with E-state index in [2.05, 4.69) is 26.7 Å². The SMILES string of the molecule is O=S(=O)(NC=NCCCOc1cccc(CN2CCCCC2)c1)c1ccc(Cl)cc1. The molecule has 0 spiro atoms. The Kier molecular flexibility index (Phi) is 8.54. The van der Waals surface area contributed by atoms with Crippen molar-refractivity contribution in [2.24, 2.45) is 4.99 Å². The van der Waals surface area contributed by atoms with Gasteiger partial charge < -0.3 is 4.74 Å². The summed E-state index contributed by atoms with van der Waals surface area (Å²) in [6.45, 7) is 4.30. The van der Waals surface area contributed by atoms with E-state index in [0.717, 1.165) is 12.3 Å². The summed E-state index contributed by atoms with van der Waals surface area (Å²) < 4.78 is 32.4. The Morgan fingerprint density at radius 3 is 2.63 bits per heavy atom. The fourth-order valence-electron chi connectivity index (χ4n) is 3.31. The molecule has 6 nitrogen and oxygen atoms in total. The van der Waals surface area contributed by atoms with E-state index in [1.54, 1.807) is 0 Å². The summed E-state index contributed by atoms with van der Waals surface area (Å²) in [5.74, 6) is 0.858. The number of halogens is 1. The molecule has 8 heteroatoms. The highest BCUT2D eigenvalue weighted by Crippen LogP contribution is 2.18. The molecule has 1 saturated heterocycles. The molecular formula is C22H28ClN3O3S. The average Bonchev–Trinajstić information content (AvgIpc) is 2.74. The van der Waals surface area contributed by atoms with Crippen molar-refractivity contribution in [3.05, 3.63) is 59.1 Å². The first-order chi connectivity index (χ1) is 14.5. The van der Waals surface area contributed by atoms with Crippen LogP contribution < -0.4 is 9.46 Å². The van der Waals surface area contributed by atoms with Crippen molar-refractivity contribution < 1.29 is 13.2 Å². The van der Waals surface area contributed by atoms with Crippen molar-refractivity contribution in [2.75, 3.05) is 26.2 Å². The van der Waals surface area contributed by atoms with Gasteiger partial charge >= 0.3 is 0 Å². The number of piperidine rings is 1. The summed E-state index contributed by atoms with van der Waals surface area (Å²) >= 11 is 5.78. The van der Waals surface area contributed by atoms with E-state index < -0.39 is 10.0 Å². The maximum Gasteiger partial charge on any atom is 0.262 e. The largest absolute Gasteiger partial charge is 0.494 e. The second-order valence-electron chi connectivity index (χ2n) is 7.30. The highest BCUT2D eigenvalue weighted by Gasteiger charge is 2.12. The van der Waals surface area contributed by atoms with E-state index in [0.29, 0.717) is 24.6 Å². The first-order valence-corrected chi connectivity index (χ1v) is 12.1. The Hall–Kier alpha value is -2.09. The van der Waals surface area contributed by atoms with E-state index in [1.165, 1.54) is 68.5 Å². The van der Waals surface area contributed by atoms with Gasteiger partial charge in [0.05, 0.1) is 17.8 Å². The Morgan fingerprint density at radius 1 is 1.10 bits per heavy atom. The minimum atomic E-state index is -3.62. The van der Waals surface area contributed by atoms with Crippen molar-refractivity contribution in [1.82, 2.24) is 9.62 Å². The lowest BCUT2D eigenvalue weighted by atomic mass is 10.1. The van der Waals surface area contributed by atoms with Crippen molar-refractivity contribution >= 4 is 28.0 Å². The van der Waals surface area contributed by atoms with Crippen LogP contribution in [0.4, 0.5) is 0 Å². The number of aliphatic imine (C=N–C) groups is 1. The third-order valence-corrected chi connectivity index (χ3v) is 6.44. The molecule has 0 atom stereocenters. The molecule has 0 unspecified atom stereocenters. The molecule has 0 bridgehead atoms. The van der Waals surface area contributed by atoms with E-state index >= 15 is 0 Å². The highest BCUT2D eigenvalue weighted by molar-refractivity contribution is 7.90. The zero-order valence-corrected chi connectivity index (χ0v) is 18.5. The minimum Gasteiger partial charge on any atom is -0.494 e. The highest BCUT2D eigenvalue weighted by atomic mass is 35.5. The maximum absolute atomic E-state index is 12.1. The molecule has 1 fully saturated rings. The number of nitrogens with one attached hydrogen (secondary N) is 1. The van der Waals surface area contributed by atoms with Crippen molar-refractivity contribution in [1.29, 1.82) is 0 Å². The van der Waals surface area contributed by atoms with Crippen molar-refractivity contribution in [2.45, 2.75) is 37.1 Å². The van der Waals surface area contributed by atoms with Crippen LogP contribution in [0.5, 0.6) is 5.75 Å². The summed E-state index contributed by atoms with van der Waals surface area (Å²) in [4.78, 5) is 6.73. The van der Waals surface area contributed by atoms with Gasteiger partial charge in [0.25, 0.3) is 10.0 Å². The van der Waals surface area contributed by atoms with Gasteiger partial charge in [0, 0.05) is 24.5 Å². The molecule has 1 heterocycles. The second-order valence-corrected chi connectivity index (χ2v) is 9.45. The Morgan fingerprint density at radius 2 is 1.87 bits per heavy atom. The summed E-state index contributed by atoms with van der Waals surface area (Å²) in [5, 5.41) is 0.486. The van der Waals surface area contributed by atoms with Crippen LogP contribution in [0.15, 0.2) is 58.4 Å². The van der Waals surface area contributed by atoms with E-state index in [-0.39, 0.29) is 4.90 Å². The standard InChI is InChI=1S/C22H28ClN3O3S/c23-20-8-10-22(11-9-20)30(27,28)25-18-24-12-5-15-29-21-7-4-6-19(16-21)17-26-13-2-1-3-14-26/h4,6-11,16,18H,1-3,5,12-15,17H2,(H,24,25). The van der Waals surface area contributed by atoms with Crippen LogP contribution in [0.25, 0.3) is 0 Å². The van der Waals surface area contributed by atoms with Gasteiger partial charge in [-0.3, -0.25) is 14.6 Å². The number of hydrogen-bond donors (Lipinski definition) is 1. The van der Waals surface area contributed by atoms with E-state index in [9.17, 15) is 8.42 Å². The van der Waals surface area contributed by atoms with Gasteiger partial charge in [-0.1, -0.05) is 30.2 Å². The lowest BCUT2D eigenvalue weighted by Crippen LogP contribution is -2.29. The summed E-state index contributed by atoms with van der Waals surface area (Å²) in [7, 11) is -3.62. The van der Waals surface area contributed by atoms with Crippen LogP contribution in [-0.2, 0) is 16.6 Å². The Labute approximate surface area is 184 Å². The number of nitrogens with zero attached hydrogens (tertiary/aromatic N) is 2. The predicted octanol–water partition coefficient (Wildman–Crippen LogP) is 4.10. The fraction of sp³-hybridized carbons (Fsp3) is 0.409. The number of likely N-dealkylation sites (tertiary alicyclic amines) is 1. The van der Waals surface area contributed by atoms with E-state index in [1.807, 2.05) is 12.1 Å². The summed E-state index contributed by atoms with van der Waals surface area (Å²) in [6, 6.07) is 14.2. The lowest BCUT2D eigenvalue weighted by Gasteiger charge is -2.26. The van der Waals surface area contributed by atoms with E-state index in [4.69, 9.17) is 16.3 Å². The molecule has 0 aliphatic carbocycles. The molecule has 0 amide bonds. The van der Waals surface area contributed by atoms with Gasteiger partial charge in [0.15, 0.2) is 0 Å². The third kappa shape index (κ3) is 7.31. The fourth-order valence-corrected chi connectivity index (χ4v) is 4.28. The Balaban J connectivity index is 1.36. The average molecular weight is 450 g/mol. The topological polar surface area (TPSA) is 71.0 Å². The molecule has 2 aromatic carbocycles. The van der Waals surface area contributed by atoms with Crippen LogP contribution >= 0.6 is 11.6 Å². The first-order valence-electron chi connectivity index (χ1n) is 10.2. The van der Waals surface area contributed by atoms with Gasteiger partial charge in [-0.25, -0.2) is 8.42 Å². The molecule has 0 radical (unpaired) electrons. The van der Waals surface area contributed by atoms with Gasteiger partial charge in [-0.2, -0.15) is 0 Å². The quantitative estimate of drug-likeness (QED) is 0.336. The monoisotopic (exact) mass is 449 g/mol. The van der Waals surface area contributed by atoms with Crippen molar-refractivity contribution in [3.8, 4) is 5.75 Å². The summed E-state index contributed by atoms with van der Waals surface area (Å²) in [5.41, 5.74) is 1.27. The number of sulfonamides is 1. The molecule has 162 valence electrons. The molecule has 1 aliphatic rings. The minimum absolute atomic E-state index is 0.145. The third-order valence-electron chi connectivity index (χ3n) is 4.88. The van der Waals surface area contributed by atoms with Crippen LogP contribution in [0.3, 0.4) is 0 Å². The normalized spacial score (nSPS) is 15.4.